The maximum Gasteiger partial charge on any atom is 0.219 e. The van der Waals surface area contributed by atoms with Crippen LogP contribution in [0.1, 0.15) is 17.1 Å². The molecule has 3 aromatic carbocycles. The molecule has 0 radical (unpaired) electrons. The summed E-state index contributed by atoms with van der Waals surface area (Å²) < 4.78 is 4.75. The van der Waals surface area contributed by atoms with Gasteiger partial charge in [0, 0.05) is 87.5 Å². The second kappa shape index (κ2) is 11.1. The number of pyridine rings is 4. The molecule has 0 bridgehead atoms. The molecule has 0 saturated heterocycles. The van der Waals surface area contributed by atoms with E-state index >= 15 is 0 Å². The Balaban J connectivity index is 1.44. The number of fused-ring (bicyclic) bond motifs is 1. The molecular weight excluding hydrogens is 524 g/mol. The summed E-state index contributed by atoms with van der Waals surface area (Å²) in [6.45, 7) is 6.57. The lowest BCUT2D eigenvalue weighted by Gasteiger charge is -2.13. The molecule has 43 heavy (non-hydrogen) atoms. The van der Waals surface area contributed by atoms with Crippen molar-refractivity contribution >= 4 is 10.8 Å². The van der Waals surface area contributed by atoms with Gasteiger partial charge >= 0.3 is 0 Å². The molecule has 0 aliphatic heterocycles. The molecule has 0 aliphatic rings. The van der Waals surface area contributed by atoms with Crippen molar-refractivity contribution in [3.05, 3.63) is 157 Å². The SMILES string of the molecule is Cc1cc(-c2ccncc2)cc(C)[n+]1-c1cccc2c(-[n+]3c(C)cc(-c4ccncc4)cc3-c3ccccc3)cccc12. The zero-order chi connectivity index (χ0) is 29.3. The molecule has 0 aliphatic carbocycles. The smallest absolute Gasteiger partial charge is 0.219 e. The number of aromatic nitrogens is 4. The molecule has 0 N–H and O–H groups in total. The van der Waals surface area contributed by atoms with E-state index in [2.05, 4.69) is 155 Å². The molecule has 4 nitrogen and oxygen atoms in total. The summed E-state index contributed by atoms with van der Waals surface area (Å²) in [5.74, 6) is 0. The standard InChI is InChI=1S/C39H32N4/c1-27-23-33(30-15-19-40-20-16-30)24-28(2)42(27)37-13-7-12-36-35(37)11-8-14-38(36)43-29(3)25-34(31-17-21-41-22-18-31)26-39(43)32-9-5-4-6-10-32/h4-26H,1-3H3/q+2. The normalized spacial score (nSPS) is 11.1. The first-order valence-corrected chi connectivity index (χ1v) is 14.6. The van der Waals surface area contributed by atoms with E-state index in [1.807, 2.05) is 24.8 Å². The fraction of sp³-hybridized carbons (Fsp3) is 0.0769. The van der Waals surface area contributed by atoms with Gasteiger partial charge in [-0.1, -0.05) is 30.3 Å². The van der Waals surface area contributed by atoms with Crippen LogP contribution in [0.3, 0.4) is 0 Å². The number of benzene rings is 3. The Morgan fingerprint density at radius 1 is 0.395 bits per heavy atom. The molecule has 0 amide bonds. The first-order valence-electron chi connectivity index (χ1n) is 14.6. The second-order valence-corrected chi connectivity index (χ2v) is 11.0. The van der Waals surface area contributed by atoms with Crippen LogP contribution in [0.2, 0.25) is 0 Å². The van der Waals surface area contributed by atoms with E-state index in [0.717, 1.165) is 22.6 Å². The lowest BCUT2D eigenvalue weighted by molar-refractivity contribution is -0.608. The zero-order valence-electron chi connectivity index (χ0n) is 24.6. The van der Waals surface area contributed by atoms with Crippen LogP contribution in [0, 0.1) is 20.8 Å². The molecule has 4 heteroatoms. The second-order valence-electron chi connectivity index (χ2n) is 11.0. The third-order valence-corrected chi connectivity index (χ3v) is 8.14. The van der Waals surface area contributed by atoms with Crippen LogP contribution in [0.4, 0.5) is 0 Å². The average Bonchev–Trinajstić information content (AvgIpc) is 3.05. The van der Waals surface area contributed by atoms with E-state index in [-0.39, 0.29) is 0 Å². The minimum atomic E-state index is 1.15. The van der Waals surface area contributed by atoms with Crippen molar-refractivity contribution in [3.63, 3.8) is 0 Å². The van der Waals surface area contributed by atoms with Crippen LogP contribution >= 0.6 is 0 Å². The quantitative estimate of drug-likeness (QED) is 0.201. The van der Waals surface area contributed by atoms with Gasteiger partial charge in [-0.2, -0.15) is 9.13 Å². The molecule has 0 saturated carbocycles. The van der Waals surface area contributed by atoms with Crippen molar-refractivity contribution < 1.29 is 9.13 Å². The first-order chi connectivity index (χ1) is 21.1. The van der Waals surface area contributed by atoms with Gasteiger partial charge in [-0.15, -0.1) is 0 Å². The van der Waals surface area contributed by atoms with Crippen molar-refractivity contribution in [1.82, 2.24) is 9.97 Å². The molecule has 206 valence electrons. The highest BCUT2D eigenvalue weighted by Gasteiger charge is 2.26. The lowest BCUT2D eigenvalue weighted by Crippen LogP contribution is -2.39. The van der Waals surface area contributed by atoms with Crippen LogP contribution in [0.15, 0.2) is 140 Å². The molecule has 4 aromatic heterocycles. The predicted octanol–water partition coefficient (Wildman–Crippen LogP) is 8.11. The summed E-state index contributed by atoms with van der Waals surface area (Å²) in [5.41, 5.74) is 12.9. The monoisotopic (exact) mass is 556 g/mol. The largest absolute Gasteiger partial charge is 0.265 e. The lowest BCUT2D eigenvalue weighted by atomic mass is 10.00. The fourth-order valence-corrected chi connectivity index (χ4v) is 6.24. The summed E-state index contributed by atoms with van der Waals surface area (Å²) in [4.78, 5) is 8.42. The Bertz CT molecular complexity index is 2060. The third-order valence-electron chi connectivity index (χ3n) is 8.14. The number of nitrogens with zero attached hydrogens (tertiary/aromatic N) is 4. The van der Waals surface area contributed by atoms with Gasteiger partial charge in [-0.05, 0) is 70.8 Å². The molecule has 4 heterocycles. The van der Waals surface area contributed by atoms with Gasteiger partial charge in [0.15, 0.2) is 17.1 Å². The molecular formula is C39H32N4+2. The Labute approximate surface area is 252 Å². The molecule has 0 fully saturated rings. The van der Waals surface area contributed by atoms with Gasteiger partial charge in [-0.3, -0.25) is 9.97 Å². The topological polar surface area (TPSA) is 33.5 Å². The van der Waals surface area contributed by atoms with Crippen molar-refractivity contribution in [2.45, 2.75) is 20.8 Å². The van der Waals surface area contributed by atoms with Crippen molar-refractivity contribution in [3.8, 4) is 44.9 Å². The van der Waals surface area contributed by atoms with Gasteiger partial charge in [0.2, 0.25) is 17.1 Å². The van der Waals surface area contributed by atoms with Crippen LogP contribution in [0.5, 0.6) is 0 Å². The van der Waals surface area contributed by atoms with Crippen LogP contribution in [0.25, 0.3) is 55.7 Å². The number of hydrogen-bond acceptors (Lipinski definition) is 2. The Hall–Kier alpha value is -5.48. The molecule has 7 rings (SSSR count). The average molecular weight is 557 g/mol. The van der Waals surface area contributed by atoms with E-state index < -0.39 is 0 Å². The highest BCUT2D eigenvalue weighted by Crippen LogP contribution is 2.30. The Morgan fingerprint density at radius 2 is 0.860 bits per heavy atom. The first kappa shape index (κ1) is 26.4. The maximum atomic E-state index is 4.23. The van der Waals surface area contributed by atoms with Crippen molar-refractivity contribution in [2.24, 2.45) is 0 Å². The molecule has 7 aromatic rings. The summed E-state index contributed by atoms with van der Waals surface area (Å²) in [6.07, 6.45) is 7.40. The van der Waals surface area contributed by atoms with Crippen LogP contribution in [-0.2, 0) is 0 Å². The fourth-order valence-electron chi connectivity index (χ4n) is 6.24. The van der Waals surface area contributed by atoms with Crippen LogP contribution < -0.4 is 9.13 Å². The number of rotatable bonds is 5. The van der Waals surface area contributed by atoms with Crippen LogP contribution in [-0.4, -0.2) is 9.97 Å². The molecule has 0 spiro atoms. The number of aryl methyl sites for hydroxylation is 3. The van der Waals surface area contributed by atoms with Gasteiger partial charge in [0.1, 0.15) is 0 Å². The van der Waals surface area contributed by atoms with Crippen molar-refractivity contribution in [1.29, 1.82) is 0 Å². The Kier molecular flexibility index (Phi) is 6.80. The van der Waals surface area contributed by atoms with E-state index in [4.69, 9.17) is 0 Å². The van der Waals surface area contributed by atoms with Gasteiger partial charge in [0.05, 0.1) is 10.8 Å². The maximum absolute atomic E-state index is 4.23. The van der Waals surface area contributed by atoms with Gasteiger partial charge in [-0.25, -0.2) is 0 Å². The third kappa shape index (κ3) is 4.87. The molecule has 0 unspecified atom stereocenters. The zero-order valence-corrected chi connectivity index (χ0v) is 24.6. The Morgan fingerprint density at radius 3 is 1.40 bits per heavy atom. The van der Waals surface area contributed by atoms with Gasteiger partial charge in [0.25, 0.3) is 0 Å². The number of hydrogen-bond donors (Lipinski definition) is 0. The summed E-state index contributed by atoms with van der Waals surface area (Å²) >= 11 is 0. The van der Waals surface area contributed by atoms with Crippen molar-refractivity contribution in [2.75, 3.05) is 0 Å². The summed E-state index contributed by atoms with van der Waals surface area (Å²) in [5, 5.41) is 2.41. The highest BCUT2D eigenvalue weighted by molar-refractivity contribution is 5.93. The minimum absolute atomic E-state index is 1.15. The van der Waals surface area contributed by atoms with E-state index in [0.29, 0.717) is 0 Å². The van der Waals surface area contributed by atoms with Gasteiger partial charge < -0.3 is 0 Å². The van der Waals surface area contributed by atoms with E-state index in [1.54, 1.807) is 0 Å². The van der Waals surface area contributed by atoms with E-state index in [9.17, 15) is 0 Å². The van der Waals surface area contributed by atoms with E-state index in [1.165, 1.54) is 50.1 Å². The molecule has 0 atom stereocenters. The predicted molar refractivity (Wildman–Crippen MR) is 173 cm³/mol. The summed E-state index contributed by atoms with van der Waals surface area (Å²) in [7, 11) is 0. The highest BCUT2D eigenvalue weighted by atomic mass is 15.0. The summed E-state index contributed by atoms with van der Waals surface area (Å²) in [6, 6.07) is 41.3. The minimum Gasteiger partial charge on any atom is -0.265 e.